The number of benzene rings is 2. The molecule has 1 saturated heterocycles. The fourth-order valence-electron chi connectivity index (χ4n) is 4.20. The van der Waals surface area contributed by atoms with Crippen LogP contribution >= 0.6 is 0 Å². The van der Waals surface area contributed by atoms with E-state index >= 15 is 0 Å². The Balaban J connectivity index is 1.52. The molecule has 0 radical (unpaired) electrons. The predicted molar refractivity (Wildman–Crippen MR) is 124 cm³/mol. The Hall–Kier alpha value is -4.34. The normalized spacial score (nSPS) is 16.2. The Bertz CT molecular complexity index is 1310. The van der Waals surface area contributed by atoms with Gasteiger partial charge in [-0.25, -0.2) is 14.5 Å². The quantitative estimate of drug-likeness (QED) is 0.437. The molecule has 3 N–H and O–H groups in total. The molecule has 2 aromatic carbocycles. The van der Waals surface area contributed by atoms with Crippen LogP contribution in [0, 0.1) is 0 Å². The maximum absolute atomic E-state index is 11.3. The molecular formula is C23H23N7O3. The lowest BCUT2D eigenvalue weighted by Gasteiger charge is -2.40. The number of phenolic OH excluding ortho intramolecular Hbond substituents is 1. The number of anilines is 3. The summed E-state index contributed by atoms with van der Waals surface area (Å²) in [5.41, 5.74) is 2.54. The lowest BCUT2D eigenvalue weighted by Crippen LogP contribution is -2.53. The van der Waals surface area contributed by atoms with Crippen LogP contribution in [-0.4, -0.2) is 66.6 Å². The minimum atomic E-state index is -0.888. The van der Waals surface area contributed by atoms with Crippen molar-refractivity contribution in [3.63, 3.8) is 0 Å². The first-order valence-electron chi connectivity index (χ1n) is 10.6. The number of aromatic nitrogens is 4. The third kappa shape index (κ3) is 3.98. The number of hydrogen-bond donors (Lipinski definition) is 3. The number of piperazine rings is 1. The molecule has 1 amide bonds. The van der Waals surface area contributed by atoms with Gasteiger partial charge in [0.25, 0.3) is 0 Å². The van der Waals surface area contributed by atoms with Gasteiger partial charge in [0.15, 0.2) is 5.82 Å². The summed E-state index contributed by atoms with van der Waals surface area (Å²) in [6, 6.07) is 13.1. The van der Waals surface area contributed by atoms with Crippen molar-refractivity contribution >= 4 is 34.3 Å². The first-order valence-corrected chi connectivity index (χ1v) is 10.6. The summed E-state index contributed by atoms with van der Waals surface area (Å²) in [4.78, 5) is 23.3. The van der Waals surface area contributed by atoms with E-state index in [0.29, 0.717) is 31.3 Å². The summed E-state index contributed by atoms with van der Waals surface area (Å²) in [5, 5.41) is 28.2. The molecule has 0 unspecified atom stereocenters. The molecule has 10 nitrogen and oxygen atoms in total. The van der Waals surface area contributed by atoms with Crippen LogP contribution in [0.3, 0.4) is 0 Å². The topological polar surface area (TPSA) is 120 Å². The Morgan fingerprint density at radius 1 is 1.12 bits per heavy atom. The highest BCUT2D eigenvalue weighted by atomic mass is 16.4. The van der Waals surface area contributed by atoms with E-state index in [9.17, 15) is 15.0 Å². The first-order chi connectivity index (χ1) is 16.0. The van der Waals surface area contributed by atoms with Crippen molar-refractivity contribution in [1.29, 1.82) is 0 Å². The highest BCUT2D eigenvalue weighted by molar-refractivity contribution is 5.93. The monoisotopic (exact) mass is 445 g/mol. The fourth-order valence-corrected chi connectivity index (χ4v) is 4.20. The molecule has 3 heterocycles. The molecule has 0 aliphatic carbocycles. The Kier molecular flexibility index (Phi) is 5.17. The van der Waals surface area contributed by atoms with Gasteiger partial charge < -0.3 is 25.3 Å². The molecule has 0 saturated carbocycles. The maximum Gasteiger partial charge on any atom is 0.407 e. The van der Waals surface area contributed by atoms with E-state index in [-0.39, 0.29) is 11.8 Å². The number of phenols is 1. The molecule has 4 aromatic rings. The molecule has 2 aromatic heterocycles. The summed E-state index contributed by atoms with van der Waals surface area (Å²) in [6.07, 6.45) is 3.93. The summed E-state index contributed by atoms with van der Waals surface area (Å²) < 4.78 is 1.77. The van der Waals surface area contributed by atoms with Crippen molar-refractivity contribution in [1.82, 2.24) is 24.6 Å². The second kappa shape index (κ2) is 8.30. The largest absolute Gasteiger partial charge is 0.508 e. The summed E-state index contributed by atoms with van der Waals surface area (Å²) in [5.74, 6) is 1.31. The lowest BCUT2D eigenvalue weighted by atomic mass is 10.1. The third-order valence-corrected chi connectivity index (χ3v) is 5.78. The smallest absolute Gasteiger partial charge is 0.407 e. The zero-order valence-electron chi connectivity index (χ0n) is 18.0. The van der Waals surface area contributed by atoms with Gasteiger partial charge in [-0.2, -0.15) is 0 Å². The van der Waals surface area contributed by atoms with Gasteiger partial charge in [0.05, 0.1) is 17.4 Å². The summed E-state index contributed by atoms with van der Waals surface area (Å²) in [6.45, 7) is 3.53. The van der Waals surface area contributed by atoms with Crippen molar-refractivity contribution in [3.05, 3.63) is 61.1 Å². The molecule has 33 heavy (non-hydrogen) atoms. The standard InChI is InChI=1S/C23H23N7O3/c1-15-14-28(23(32)33)9-10-29(15)16-3-2-4-17(11-16)30-20-12-18(31)5-6-19(20)22(27-30)26-21-13-24-7-8-25-21/h2-8,11-13,15,31H,9-10,14H2,1H3,(H,32,33)(H,25,26,27)/t15-/m0/s1. The van der Waals surface area contributed by atoms with Crippen molar-refractivity contribution in [3.8, 4) is 11.4 Å². The molecule has 0 bridgehead atoms. The second-order valence-corrected chi connectivity index (χ2v) is 7.97. The first kappa shape index (κ1) is 20.6. The van der Waals surface area contributed by atoms with Crippen LogP contribution in [0.4, 0.5) is 22.1 Å². The molecule has 168 valence electrons. The van der Waals surface area contributed by atoms with E-state index < -0.39 is 6.09 Å². The second-order valence-electron chi connectivity index (χ2n) is 7.97. The molecule has 10 heteroatoms. The van der Waals surface area contributed by atoms with Gasteiger partial charge in [-0.05, 0) is 37.3 Å². The minimum Gasteiger partial charge on any atom is -0.508 e. The van der Waals surface area contributed by atoms with Gasteiger partial charge in [0, 0.05) is 55.2 Å². The van der Waals surface area contributed by atoms with E-state index in [0.717, 1.165) is 22.3 Å². The molecule has 0 spiro atoms. The summed E-state index contributed by atoms with van der Waals surface area (Å²) >= 11 is 0. The van der Waals surface area contributed by atoms with Gasteiger partial charge in [0.2, 0.25) is 0 Å². The number of nitrogens with zero attached hydrogens (tertiary/aromatic N) is 6. The van der Waals surface area contributed by atoms with E-state index in [1.165, 1.54) is 4.90 Å². The number of amides is 1. The van der Waals surface area contributed by atoms with Crippen LogP contribution in [0.25, 0.3) is 16.6 Å². The minimum absolute atomic E-state index is 0.0393. The van der Waals surface area contributed by atoms with Crippen molar-refractivity contribution in [2.24, 2.45) is 0 Å². The van der Waals surface area contributed by atoms with Gasteiger partial charge >= 0.3 is 6.09 Å². The average Bonchev–Trinajstić information content (AvgIpc) is 3.17. The highest BCUT2D eigenvalue weighted by Crippen LogP contribution is 2.31. The molecule has 1 aliphatic heterocycles. The SMILES string of the molecule is C[C@H]1CN(C(=O)O)CCN1c1cccc(-n2nc(Nc3cnccn3)c3ccc(O)cc32)c1. The van der Waals surface area contributed by atoms with E-state index in [1.54, 1.807) is 35.4 Å². The van der Waals surface area contributed by atoms with Crippen LogP contribution in [0.5, 0.6) is 5.75 Å². The van der Waals surface area contributed by atoms with E-state index in [4.69, 9.17) is 5.10 Å². The van der Waals surface area contributed by atoms with Gasteiger partial charge in [-0.3, -0.25) is 4.98 Å². The fraction of sp³-hybridized carbons (Fsp3) is 0.217. The average molecular weight is 445 g/mol. The van der Waals surface area contributed by atoms with Crippen LogP contribution in [0.15, 0.2) is 61.1 Å². The summed E-state index contributed by atoms with van der Waals surface area (Å²) in [7, 11) is 0. The van der Waals surface area contributed by atoms with Gasteiger partial charge in [0.1, 0.15) is 11.6 Å². The number of carboxylic acid groups (broad SMARTS) is 1. The van der Waals surface area contributed by atoms with Crippen LogP contribution in [0.2, 0.25) is 0 Å². The molecule has 1 atom stereocenters. The van der Waals surface area contributed by atoms with Crippen molar-refractivity contribution in [2.45, 2.75) is 13.0 Å². The lowest BCUT2D eigenvalue weighted by molar-refractivity contribution is 0.136. The van der Waals surface area contributed by atoms with Gasteiger partial charge in [-0.15, -0.1) is 5.10 Å². The zero-order valence-corrected chi connectivity index (χ0v) is 18.0. The number of carbonyl (C=O) groups is 1. The molecular weight excluding hydrogens is 422 g/mol. The Morgan fingerprint density at radius 3 is 2.73 bits per heavy atom. The van der Waals surface area contributed by atoms with Crippen LogP contribution in [-0.2, 0) is 0 Å². The van der Waals surface area contributed by atoms with Crippen LogP contribution < -0.4 is 10.2 Å². The van der Waals surface area contributed by atoms with Gasteiger partial charge in [-0.1, -0.05) is 6.07 Å². The van der Waals surface area contributed by atoms with Crippen molar-refractivity contribution in [2.75, 3.05) is 29.9 Å². The molecule has 1 fully saturated rings. The zero-order chi connectivity index (χ0) is 22.9. The molecule has 1 aliphatic rings. The maximum atomic E-state index is 11.3. The van der Waals surface area contributed by atoms with E-state index in [1.807, 2.05) is 37.3 Å². The number of aromatic hydroxyl groups is 1. The third-order valence-electron chi connectivity index (χ3n) is 5.78. The number of nitrogens with one attached hydrogen (secondary N) is 1. The highest BCUT2D eigenvalue weighted by Gasteiger charge is 2.27. The van der Waals surface area contributed by atoms with Crippen molar-refractivity contribution < 1.29 is 15.0 Å². The molecule has 5 rings (SSSR count). The Labute approximate surface area is 189 Å². The number of rotatable bonds is 4. The van der Waals surface area contributed by atoms with Crippen LogP contribution in [0.1, 0.15) is 6.92 Å². The predicted octanol–water partition coefficient (Wildman–Crippen LogP) is 3.45. The Morgan fingerprint density at radius 2 is 1.97 bits per heavy atom. The number of hydrogen-bond acceptors (Lipinski definition) is 7. The number of fused-ring (bicyclic) bond motifs is 1. The van der Waals surface area contributed by atoms with E-state index in [2.05, 4.69) is 20.2 Å².